The van der Waals surface area contributed by atoms with Crippen LogP contribution >= 0.6 is 15.9 Å². The first-order valence-corrected chi connectivity index (χ1v) is 8.87. The summed E-state index contributed by atoms with van der Waals surface area (Å²) < 4.78 is 1.06. The molecule has 5 nitrogen and oxygen atoms in total. The molecule has 6 heteroatoms. The van der Waals surface area contributed by atoms with Crippen molar-refractivity contribution >= 4 is 33.4 Å². The number of nitrogens with zero attached hydrogens (tertiary/aromatic N) is 4. The molecular formula is C19H20BrN5. The van der Waals surface area contributed by atoms with Crippen LogP contribution in [0.4, 0.5) is 17.5 Å². The lowest BCUT2D eigenvalue weighted by Crippen LogP contribution is -2.21. The fourth-order valence-corrected chi connectivity index (χ4v) is 2.76. The lowest BCUT2D eigenvalue weighted by Gasteiger charge is -2.18. The van der Waals surface area contributed by atoms with E-state index in [0.29, 0.717) is 5.95 Å². The van der Waals surface area contributed by atoms with Crippen molar-refractivity contribution in [2.24, 2.45) is 0 Å². The zero-order valence-electron chi connectivity index (χ0n) is 14.3. The number of hydrogen-bond donors (Lipinski definition) is 1. The van der Waals surface area contributed by atoms with Crippen LogP contribution in [0.15, 0.2) is 59.5 Å². The van der Waals surface area contributed by atoms with Crippen molar-refractivity contribution < 1.29 is 0 Å². The van der Waals surface area contributed by atoms with Gasteiger partial charge in [0.25, 0.3) is 0 Å². The minimum Gasteiger partial charge on any atom is -0.359 e. The lowest BCUT2D eigenvalue weighted by molar-refractivity contribution is 0.855. The first kappa shape index (κ1) is 17.4. The minimum absolute atomic E-state index is 0.587. The SMILES string of the molecule is Cc1ccc(Nc2nccc(N(C)CCc3ccncc3)n2)cc1Br. The highest BCUT2D eigenvalue weighted by Gasteiger charge is 2.06. The fourth-order valence-electron chi connectivity index (χ4n) is 2.38. The predicted octanol–water partition coefficient (Wildman–Crippen LogP) is 4.37. The Kier molecular flexibility index (Phi) is 5.60. The van der Waals surface area contributed by atoms with E-state index in [9.17, 15) is 0 Å². The van der Waals surface area contributed by atoms with Crippen LogP contribution in [0.5, 0.6) is 0 Å². The highest BCUT2D eigenvalue weighted by atomic mass is 79.9. The van der Waals surface area contributed by atoms with Gasteiger partial charge < -0.3 is 10.2 Å². The molecule has 0 bridgehead atoms. The van der Waals surface area contributed by atoms with Gasteiger partial charge in [-0.25, -0.2) is 4.98 Å². The second-order valence-corrected chi connectivity index (χ2v) is 6.71. The van der Waals surface area contributed by atoms with Crippen LogP contribution in [0.1, 0.15) is 11.1 Å². The molecule has 0 aliphatic heterocycles. The molecule has 25 heavy (non-hydrogen) atoms. The van der Waals surface area contributed by atoms with Crippen LogP contribution in [0.2, 0.25) is 0 Å². The number of hydrogen-bond acceptors (Lipinski definition) is 5. The summed E-state index contributed by atoms with van der Waals surface area (Å²) in [5.74, 6) is 1.47. The van der Waals surface area contributed by atoms with Crippen molar-refractivity contribution in [1.82, 2.24) is 15.0 Å². The molecule has 0 amide bonds. The highest BCUT2D eigenvalue weighted by Crippen LogP contribution is 2.23. The number of nitrogens with one attached hydrogen (secondary N) is 1. The van der Waals surface area contributed by atoms with E-state index in [1.165, 1.54) is 11.1 Å². The van der Waals surface area contributed by atoms with Crippen molar-refractivity contribution in [1.29, 1.82) is 0 Å². The average molecular weight is 398 g/mol. The Labute approximate surface area is 156 Å². The van der Waals surface area contributed by atoms with Crippen LogP contribution < -0.4 is 10.2 Å². The van der Waals surface area contributed by atoms with E-state index in [1.807, 2.05) is 49.8 Å². The molecule has 0 atom stereocenters. The summed E-state index contributed by atoms with van der Waals surface area (Å²) in [6.07, 6.45) is 6.36. The van der Waals surface area contributed by atoms with E-state index in [1.54, 1.807) is 6.20 Å². The third-order valence-electron chi connectivity index (χ3n) is 3.95. The molecule has 2 aromatic heterocycles. The van der Waals surface area contributed by atoms with Gasteiger partial charge in [0.05, 0.1) is 0 Å². The van der Waals surface area contributed by atoms with E-state index >= 15 is 0 Å². The maximum atomic E-state index is 4.61. The molecule has 0 fully saturated rings. The smallest absolute Gasteiger partial charge is 0.229 e. The van der Waals surface area contributed by atoms with Crippen molar-refractivity contribution in [3.8, 4) is 0 Å². The van der Waals surface area contributed by atoms with Crippen molar-refractivity contribution in [3.63, 3.8) is 0 Å². The number of aromatic nitrogens is 3. The van der Waals surface area contributed by atoms with E-state index in [0.717, 1.165) is 28.9 Å². The third kappa shape index (κ3) is 4.76. The van der Waals surface area contributed by atoms with Crippen molar-refractivity contribution in [2.45, 2.75) is 13.3 Å². The van der Waals surface area contributed by atoms with Gasteiger partial charge in [-0.3, -0.25) is 4.98 Å². The molecule has 0 aliphatic rings. The van der Waals surface area contributed by atoms with Crippen molar-refractivity contribution in [3.05, 3.63) is 70.6 Å². The Bertz CT molecular complexity index is 838. The Balaban J connectivity index is 1.66. The standard InChI is InChI=1S/C19H20BrN5/c1-14-3-4-16(13-17(14)20)23-19-22-11-7-18(24-19)25(2)12-8-15-5-9-21-10-6-15/h3-7,9-11,13H,8,12H2,1-2H3,(H,22,23,24). The summed E-state index contributed by atoms with van der Waals surface area (Å²) in [6.45, 7) is 2.93. The van der Waals surface area contributed by atoms with Crippen LogP contribution in [-0.4, -0.2) is 28.5 Å². The zero-order valence-corrected chi connectivity index (χ0v) is 15.9. The number of halogens is 1. The summed E-state index contributed by atoms with van der Waals surface area (Å²) in [6, 6.07) is 12.1. The maximum absolute atomic E-state index is 4.61. The molecule has 0 saturated carbocycles. The Morgan fingerprint density at radius 2 is 1.88 bits per heavy atom. The Morgan fingerprint density at radius 3 is 2.64 bits per heavy atom. The topological polar surface area (TPSA) is 53.9 Å². The summed E-state index contributed by atoms with van der Waals surface area (Å²) in [7, 11) is 2.04. The molecule has 2 heterocycles. The second kappa shape index (κ2) is 8.07. The van der Waals surface area contributed by atoms with Crippen LogP contribution in [0, 0.1) is 6.92 Å². The molecule has 0 spiro atoms. The van der Waals surface area contributed by atoms with Gasteiger partial charge in [-0.15, -0.1) is 0 Å². The predicted molar refractivity (Wildman–Crippen MR) is 105 cm³/mol. The van der Waals surface area contributed by atoms with Crippen LogP contribution in [0.25, 0.3) is 0 Å². The van der Waals surface area contributed by atoms with Gasteiger partial charge in [-0.05, 0) is 54.8 Å². The van der Waals surface area contributed by atoms with Gasteiger partial charge in [-0.1, -0.05) is 22.0 Å². The number of benzene rings is 1. The number of likely N-dealkylation sites (N-methyl/N-ethyl adjacent to an activating group) is 1. The van der Waals surface area contributed by atoms with Gasteiger partial charge in [0, 0.05) is 42.3 Å². The minimum atomic E-state index is 0.587. The van der Waals surface area contributed by atoms with Gasteiger partial charge in [0.2, 0.25) is 5.95 Å². The van der Waals surface area contributed by atoms with Crippen LogP contribution in [-0.2, 0) is 6.42 Å². The fraction of sp³-hybridized carbons (Fsp3) is 0.211. The quantitative estimate of drug-likeness (QED) is 0.669. The average Bonchev–Trinajstić information content (AvgIpc) is 2.64. The molecule has 128 valence electrons. The first-order chi connectivity index (χ1) is 12.1. The highest BCUT2D eigenvalue weighted by molar-refractivity contribution is 9.10. The van der Waals surface area contributed by atoms with E-state index in [4.69, 9.17) is 0 Å². The number of rotatable bonds is 6. The number of pyridine rings is 1. The van der Waals surface area contributed by atoms with Crippen LogP contribution in [0.3, 0.4) is 0 Å². The van der Waals surface area contributed by atoms with Gasteiger partial charge in [0.1, 0.15) is 5.82 Å². The molecule has 1 aromatic carbocycles. The summed E-state index contributed by atoms with van der Waals surface area (Å²) in [5, 5.41) is 3.25. The Hall–Kier alpha value is -2.47. The maximum Gasteiger partial charge on any atom is 0.229 e. The molecule has 0 unspecified atom stereocenters. The molecule has 0 aliphatic carbocycles. The monoisotopic (exact) mass is 397 g/mol. The van der Waals surface area contributed by atoms with Gasteiger partial charge in [-0.2, -0.15) is 4.98 Å². The normalized spacial score (nSPS) is 10.5. The van der Waals surface area contributed by atoms with Gasteiger partial charge >= 0.3 is 0 Å². The molecule has 3 rings (SSSR count). The summed E-state index contributed by atoms with van der Waals surface area (Å²) in [5.41, 5.74) is 3.41. The largest absolute Gasteiger partial charge is 0.359 e. The molecule has 3 aromatic rings. The summed E-state index contributed by atoms with van der Waals surface area (Å²) in [4.78, 5) is 15.1. The Morgan fingerprint density at radius 1 is 1.08 bits per heavy atom. The van der Waals surface area contributed by atoms with E-state index < -0.39 is 0 Å². The zero-order chi connectivity index (χ0) is 17.6. The molecule has 0 saturated heterocycles. The summed E-state index contributed by atoms with van der Waals surface area (Å²) >= 11 is 3.55. The molecule has 0 radical (unpaired) electrons. The first-order valence-electron chi connectivity index (χ1n) is 8.08. The third-order valence-corrected chi connectivity index (χ3v) is 4.80. The molecular weight excluding hydrogens is 378 g/mol. The molecule has 1 N–H and O–H groups in total. The van der Waals surface area contributed by atoms with E-state index in [-0.39, 0.29) is 0 Å². The van der Waals surface area contributed by atoms with E-state index in [2.05, 4.69) is 54.1 Å². The van der Waals surface area contributed by atoms with Gasteiger partial charge in [0.15, 0.2) is 0 Å². The lowest BCUT2D eigenvalue weighted by atomic mass is 10.2. The second-order valence-electron chi connectivity index (χ2n) is 5.85. The number of anilines is 3. The number of aryl methyl sites for hydroxylation is 1. The van der Waals surface area contributed by atoms with Crippen molar-refractivity contribution in [2.75, 3.05) is 23.8 Å².